The van der Waals surface area contributed by atoms with Gasteiger partial charge in [-0.25, -0.2) is 4.68 Å². The molecule has 1 heterocycles. The van der Waals surface area contributed by atoms with Crippen LogP contribution < -0.4 is 4.74 Å². The van der Waals surface area contributed by atoms with Crippen molar-refractivity contribution in [3.05, 3.63) is 16.6 Å². The van der Waals surface area contributed by atoms with Gasteiger partial charge in [0.15, 0.2) is 0 Å². The zero-order valence-electron chi connectivity index (χ0n) is 13.4. The molecule has 23 heavy (non-hydrogen) atoms. The lowest BCUT2D eigenvalue weighted by Crippen LogP contribution is -2.36. The van der Waals surface area contributed by atoms with Gasteiger partial charge < -0.3 is 9.47 Å². The first kappa shape index (κ1) is 15.4. The number of halogens is 1. The molecule has 2 aliphatic carbocycles. The number of nitrogens with zero attached hydrogens (tertiary/aromatic N) is 3. The Morgan fingerprint density at radius 2 is 1.96 bits per heavy atom. The van der Waals surface area contributed by atoms with Crippen LogP contribution in [0.2, 0.25) is 0 Å². The number of ether oxygens (including phenoxy) is 2. The van der Waals surface area contributed by atoms with E-state index in [9.17, 15) is 0 Å². The van der Waals surface area contributed by atoms with E-state index >= 15 is 0 Å². The molecule has 0 N–H and O–H groups in total. The van der Waals surface area contributed by atoms with Crippen molar-refractivity contribution in [2.24, 2.45) is 5.92 Å². The molecule has 2 saturated carbocycles. The third-order valence-electron chi connectivity index (χ3n) is 4.94. The van der Waals surface area contributed by atoms with Gasteiger partial charge in [-0.3, -0.25) is 0 Å². The number of fused-ring (bicyclic) bond motifs is 1. The summed E-state index contributed by atoms with van der Waals surface area (Å²) in [4.78, 5) is 0. The molecule has 4 rings (SSSR count). The normalized spacial score (nSPS) is 25.0. The summed E-state index contributed by atoms with van der Waals surface area (Å²) in [6.07, 6.45) is 7.43. The maximum absolute atomic E-state index is 6.25. The highest BCUT2D eigenvalue weighted by Crippen LogP contribution is 2.36. The van der Waals surface area contributed by atoms with Gasteiger partial charge in [0.25, 0.3) is 0 Å². The highest BCUT2D eigenvalue weighted by Gasteiger charge is 2.28. The summed E-state index contributed by atoms with van der Waals surface area (Å²) in [6.45, 7) is 0.970. The molecule has 1 aromatic heterocycles. The molecule has 2 aromatic rings. The molecule has 1 aromatic carbocycles. The van der Waals surface area contributed by atoms with E-state index in [0.717, 1.165) is 46.6 Å². The van der Waals surface area contributed by atoms with E-state index in [-0.39, 0.29) is 12.2 Å². The van der Waals surface area contributed by atoms with Crippen LogP contribution in [0.4, 0.5) is 0 Å². The Morgan fingerprint density at radius 3 is 2.70 bits per heavy atom. The van der Waals surface area contributed by atoms with Gasteiger partial charge >= 0.3 is 0 Å². The van der Waals surface area contributed by atoms with Crippen LogP contribution in [0.15, 0.2) is 16.6 Å². The van der Waals surface area contributed by atoms with Gasteiger partial charge in [-0.2, -0.15) is 0 Å². The number of aromatic nitrogens is 3. The van der Waals surface area contributed by atoms with Crippen LogP contribution in [-0.2, 0) is 11.3 Å². The average Bonchev–Trinajstić information content (AvgIpc) is 3.29. The van der Waals surface area contributed by atoms with Gasteiger partial charge in [0.2, 0.25) is 0 Å². The first-order valence-electron chi connectivity index (χ1n) is 8.47. The smallest absolute Gasteiger partial charge is 0.136 e. The van der Waals surface area contributed by atoms with E-state index in [0.29, 0.717) is 0 Å². The largest absolute Gasteiger partial charge is 0.486 e. The van der Waals surface area contributed by atoms with Crippen molar-refractivity contribution in [3.8, 4) is 5.75 Å². The maximum atomic E-state index is 6.25. The van der Waals surface area contributed by atoms with Gasteiger partial charge in [-0.1, -0.05) is 11.6 Å². The summed E-state index contributed by atoms with van der Waals surface area (Å²) in [5, 5.41) is 8.66. The van der Waals surface area contributed by atoms with Crippen LogP contribution >= 0.6 is 15.9 Å². The zero-order chi connectivity index (χ0) is 15.8. The van der Waals surface area contributed by atoms with Crippen molar-refractivity contribution in [1.82, 2.24) is 15.0 Å². The van der Waals surface area contributed by atoms with Crippen LogP contribution in [0.3, 0.4) is 0 Å². The zero-order valence-corrected chi connectivity index (χ0v) is 15.0. The maximum Gasteiger partial charge on any atom is 0.136 e. The second kappa shape index (κ2) is 6.40. The summed E-state index contributed by atoms with van der Waals surface area (Å²) in [6, 6.07) is 4.10. The van der Waals surface area contributed by atoms with Crippen LogP contribution in [0.25, 0.3) is 11.0 Å². The number of hydrogen-bond acceptors (Lipinski definition) is 4. The minimum Gasteiger partial charge on any atom is -0.486 e. The lowest BCUT2D eigenvalue weighted by atomic mass is 9.94. The van der Waals surface area contributed by atoms with Gasteiger partial charge in [-0.15, -0.1) is 5.10 Å². The van der Waals surface area contributed by atoms with E-state index in [1.165, 1.54) is 25.7 Å². The highest BCUT2D eigenvalue weighted by molar-refractivity contribution is 9.10. The summed E-state index contributed by atoms with van der Waals surface area (Å²) >= 11 is 3.66. The van der Waals surface area contributed by atoms with E-state index in [1.807, 2.05) is 10.7 Å². The second-order valence-electron chi connectivity index (χ2n) is 6.68. The van der Waals surface area contributed by atoms with Crippen LogP contribution in [0, 0.1) is 5.92 Å². The first-order chi connectivity index (χ1) is 11.3. The predicted octanol–water partition coefficient (Wildman–Crippen LogP) is 3.94. The fourth-order valence-electron chi connectivity index (χ4n) is 3.39. The van der Waals surface area contributed by atoms with Crippen molar-refractivity contribution < 1.29 is 9.47 Å². The summed E-state index contributed by atoms with van der Waals surface area (Å²) in [5.41, 5.74) is 1.95. The molecule has 1 unspecified atom stereocenters. The molecule has 6 heteroatoms. The Hall–Kier alpha value is -1.14. The summed E-state index contributed by atoms with van der Waals surface area (Å²) in [5.74, 6) is 1.62. The van der Waals surface area contributed by atoms with Crippen LogP contribution in [-0.4, -0.2) is 34.3 Å². The number of benzene rings is 1. The minimum atomic E-state index is 0.115. The van der Waals surface area contributed by atoms with Crippen molar-refractivity contribution in [2.45, 2.75) is 57.3 Å². The Bertz CT molecular complexity index is 698. The summed E-state index contributed by atoms with van der Waals surface area (Å²) < 4.78 is 14.8. The molecule has 2 atom stereocenters. The fourth-order valence-corrected chi connectivity index (χ4v) is 3.90. The molecule has 0 bridgehead atoms. The molecule has 0 saturated heterocycles. The van der Waals surface area contributed by atoms with Crippen molar-refractivity contribution in [1.29, 1.82) is 0 Å². The van der Waals surface area contributed by atoms with E-state index in [2.05, 4.69) is 32.3 Å². The lowest BCUT2D eigenvalue weighted by molar-refractivity contribution is -0.0231. The van der Waals surface area contributed by atoms with Gasteiger partial charge in [0.1, 0.15) is 17.4 Å². The van der Waals surface area contributed by atoms with Crippen LogP contribution in [0.5, 0.6) is 5.75 Å². The molecule has 0 spiro atoms. The topological polar surface area (TPSA) is 49.2 Å². The van der Waals surface area contributed by atoms with Gasteiger partial charge in [0.05, 0.1) is 16.1 Å². The number of hydrogen-bond donors (Lipinski definition) is 0. The van der Waals surface area contributed by atoms with E-state index in [4.69, 9.17) is 9.47 Å². The average molecular weight is 380 g/mol. The molecule has 2 aliphatic rings. The van der Waals surface area contributed by atoms with E-state index < -0.39 is 0 Å². The Morgan fingerprint density at radius 1 is 1.17 bits per heavy atom. The molecule has 124 valence electrons. The Balaban J connectivity index is 1.58. The molecule has 0 amide bonds. The Kier molecular flexibility index (Phi) is 4.28. The minimum absolute atomic E-state index is 0.115. The molecule has 0 radical (unpaired) electrons. The van der Waals surface area contributed by atoms with Gasteiger partial charge in [-0.05, 0) is 66.1 Å². The fraction of sp³-hybridized carbons (Fsp3) is 0.647. The molecule has 2 fully saturated rings. The molecular formula is C17H22BrN3O2. The standard InChI is InChI=1S/C17H22BrN3O2/c1-22-13-4-2-3-5-14(13)23-15-9-8-12-17(16(15)18)19-20-21(12)10-11-6-7-11/h8-9,11,13-14H,2-7,10H2,1H3/t13-,14?/m0/s1. The SMILES string of the molecule is CO[C@H]1CCCCC1Oc1ccc2c(nnn2CC2CC2)c1Br. The first-order valence-corrected chi connectivity index (χ1v) is 9.26. The third kappa shape index (κ3) is 3.11. The third-order valence-corrected chi connectivity index (χ3v) is 5.71. The Labute approximate surface area is 144 Å². The molecule has 5 nitrogen and oxygen atoms in total. The lowest BCUT2D eigenvalue weighted by Gasteiger charge is -2.31. The van der Waals surface area contributed by atoms with Crippen molar-refractivity contribution in [3.63, 3.8) is 0 Å². The molecule has 0 aliphatic heterocycles. The van der Waals surface area contributed by atoms with E-state index in [1.54, 1.807) is 7.11 Å². The predicted molar refractivity (Wildman–Crippen MR) is 91.6 cm³/mol. The van der Waals surface area contributed by atoms with Crippen molar-refractivity contribution >= 4 is 27.0 Å². The van der Waals surface area contributed by atoms with Crippen molar-refractivity contribution in [2.75, 3.05) is 7.11 Å². The highest BCUT2D eigenvalue weighted by atomic mass is 79.9. The number of rotatable bonds is 5. The van der Waals surface area contributed by atoms with Crippen LogP contribution in [0.1, 0.15) is 38.5 Å². The molecular weight excluding hydrogens is 358 g/mol. The van der Waals surface area contributed by atoms with Gasteiger partial charge in [0, 0.05) is 13.7 Å². The second-order valence-corrected chi connectivity index (χ2v) is 7.47. The summed E-state index contributed by atoms with van der Waals surface area (Å²) in [7, 11) is 1.77. The quantitative estimate of drug-likeness (QED) is 0.789. The monoisotopic (exact) mass is 379 g/mol. The number of methoxy groups -OCH3 is 1.